The highest BCUT2D eigenvalue weighted by molar-refractivity contribution is 5.92. The molecule has 8 nitrogen and oxygen atoms in total. The van der Waals surface area contributed by atoms with Crippen LogP contribution in [0.1, 0.15) is 16.1 Å². The predicted octanol–water partition coefficient (Wildman–Crippen LogP) is 2.89. The summed E-state index contributed by atoms with van der Waals surface area (Å²) in [4.78, 5) is 20.6. The second-order valence-corrected chi connectivity index (χ2v) is 6.01. The normalized spacial score (nSPS) is 11.8. The number of hydrogen-bond donors (Lipinski definition) is 2. The van der Waals surface area contributed by atoms with E-state index in [1.807, 2.05) is 42.5 Å². The number of rotatable bonds is 6. The highest BCUT2D eigenvalue weighted by atomic mass is 16.7. The van der Waals surface area contributed by atoms with Crippen molar-refractivity contribution in [3.05, 3.63) is 66.1 Å². The van der Waals surface area contributed by atoms with Crippen LogP contribution in [0, 0.1) is 0 Å². The van der Waals surface area contributed by atoms with Crippen molar-refractivity contribution >= 4 is 17.4 Å². The van der Waals surface area contributed by atoms with Crippen LogP contribution in [0.2, 0.25) is 0 Å². The van der Waals surface area contributed by atoms with Crippen LogP contribution in [0.15, 0.2) is 54.9 Å². The Bertz CT molecular complexity index is 992. The first kappa shape index (κ1) is 17.6. The molecule has 8 heteroatoms. The number of hydrogen-bond acceptors (Lipinski definition) is 7. The van der Waals surface area contributed by atoms with Gasteiger partial charge in [0, 0.05) is 24.4 Å². The van der Waals surface area contributed by atoms with Gasteiger partial charge >= 0.3 is 0 Å². The fourth-order valence-corrected chi connectivity index (χ4v) is 2.69. The number of aromatic nitrogens is 2. The van der Waals surface area contributed by atoms with E-state index in [1.165, 1.54) is 6.33 Å². The number of anilines is 2. The monoisotopic (exact) mass is 378 g/mol. The quantitative estimate of drug-likeness (QED) is 0.681. The van der Waals surface area contributed by atoms with Gasteiger partial charge in [-0.05, 0) is 29.8 Å². The summed E-state index contributed by atoms with van der Waals surface area (Å²) >= 11 is 0. The fraction of sp³-hybridized carbons (Fsp3) is 0.150. The minimum absolute atomic E-state index is 0.213. The van der Waals surface area contributed by atoms with Crippen molar-refractivity contribution in [1.82, 2.24) is 15.3 Å². The fourth-order valence-electron chi connectivity index (χ4n) is 2.69. The molecule has 1 amide bonds. The Morgan fingerprint density at radius 1 is 1.07 bits per heavy atom. The summed E-state index contributed by atoms with van der Waals surface area (Å²) < 4.78 is 15.8. The summed E-state index contributed by atoms with van der Waals surface area (Å²) in [5.41, 5.74) is 2.00. The standard InChI is InChI=1S/C20H18N4O4/c1-26-15-5-2-13(3-6-15)10-21-20(25)16-9-19(23-11-22-16)24-14-4-7-17-18(8-14)28-12-27-17/h2-9,11H,10,12H2,1H3,(H,21,25)(H,22,23,24). The molecule has 28 heavy (non-hydrogen) atoms. The van der Waals surface area contributed by atoms with E-state index in [2.05, 4.69) is 20.6 Å². The minimum Gasteiger partial charge on any atom is -0.497 e. The van der Waals surface area contributed by atoms with Crippen LogP contribution < -0.4 is 24.8 Å². The SMILES string of the molecule is COc1ccc(CNC(=O)c2cc(Nc3ccc4c(c3)OCO4)ncn2)cc1. The van der Waals surface area contributed by atoms with Crippen LogP contribution in [0.5, 0.6) is 17.2 Å². The van der Waals surface area contributed by atoms with Crippen LogP contribution in [-0.2, 0) is 6.54 Å². The average molecular weight is 378 g/mol. The van der Waals surface area contributed by atoms with Gasteiger partial charge in [0.1, 0.15) is 23.6 Å². The molecule has 142 valence electrons. The summed E-state index contributed by atoms with van der Waals surface area (Å²) in [6.07, 6.45) is 1.34. The molecule has 1 aromatic heterocycles. The largest absolute Gasteiger partial charge is 0.497 e. The Kier molecular flexibility index (Phi) is 4.92. The first-order valence-corrected chi connectivity index (χ1v) is 8.61. The summed E-state index contributed by atoms with van der Waals surface area (Å²) in [6, 6.07) is 14.5. The summed E-state index contributed by atoms with van der Waals surface area (Å²) in [7, 11) is 1.61. The number of nitrogens with zero attached hydrogens (tertiary/aromatic N) is 2. The zero-order chi connectivity index (χ0) is 19.3. The van der Waals surface area contributed by atoms with Crippen molar-refractivity contribution in [2.24, 2.45) is 0 Å². The lowest BCUT2D eigenvalue weighted by Crippen LogP contribution is -2.24. The first-order valence-electron chi connectivity index (χ1n) is 8.61. The molecule has 0 saturated heterocycles. The summed E-state index contributed by atoms with van der Waals surface area (Å²) in [5.74, 6) is 2.35. The number of ether oxygens (including phenoxy) is 3. The van der Waals surface area contributed by atoms with E-state index in [1.54, 1.807) is 13.2 Å². The van der Waals surface area contributed by atoms with Gasteiger partial charge in [-0.2, -0.15) is 0 Å². The molecule has 3 aromatic rings. The molecule has 4 rings (SSSR count). The molecule has 1 aliphatic rings. The maximum atomic E-state index is 12.4. The van der Waals surface area contributed by atoms with Gasteiger partial charge in [-0.25, -0.2) is 9.97 Å². The Morgan fingerprint density at radius 2 is 1.89 bits per heavy atom. The number of methoxy groups -OCH3 is 1. The Morgan fingerprint density at radius 3 is 2.71 bits per heavy atom. The zero-order valence-electron chi connectivity index (χ0n) is 15.1. The second kappa shape index (κ2) is 7.83. The first-order chi connectivity index (χ1) is 13.7. The van der Waals surface area contributed by atoms with E-state index in [-0.39, 0.29) is 18.4 Å². The number of nitrogens with one attached hydrogen (secondary N) is 2. The maximum Gasteiger partial charge on any atom is 0.270 e. The molecule has 0 fully saturated rings. The third-order valence-corrected chi connectivity index (χ3v) is 4.16. The van der Waals surface area contributed by atoms with Crippen molar-refractivity contribution in [3.8, 4) is 17.2 Å². The number of carbonyl (C=O) groups is 1. The van der Waals surface area contributed by atoms with E-state index in [4.69, 9.17) is 14.2 Å². The molecule has 2 heterocycles. The van der Waals surface area contributed by atoms with Gasteiger partial charge in [0.05, 0.1) is 7.11 Å². The molecule has 0 atom stereocenters. The van der Waals surface area contributed by atoms with Gasteiger partial charge < -0.3 is 24.8 Å². The van der Waals surface area contributed by atoms with Gasteiger partial charge in [0.15, 0.2) is 11.5 Å². The molecule has 0 saturated carbocycles. The van der Waals surface area contributed by atoms with Crippen molar-refractivity contribution < 1.29 is 19.0 Å². The lowest BCUT2D eigenvalue weighted by Gasteiger charge is -2.09. The van der Waals surface area contributed by atoms with Gasteiger partial charge in [-0.3, -0.25) is 4.79 Å². The van der Waals surface area contributed by atoms with Crippen LogP contribution in [0.3, 0.4) is 0 Å². The second-order valence-electron chi connectivity index (χ2n) is 6.01. The molecular formula is C20H18N4O4. The third-order valence-electron chi connectivity index (χ3n) is 4.16. The van der Waals surface area contributed by atoms with Gasteiger partial charge in [0.25, 0.3) is 5.91 Å². The van der Waals surface area contributed by atoms with E-state index >= 15 is 0 Å². The van der Waals surface area contributed by atoms with E-state index in [0.29, 0.717) is 23.9 Å². The predicted molar refractivity (Wildman–Crippen MR) is 102 cm³/mol. The Balaban J connectivity index is 1.40. The highest BCUT2D eigenvalue weighted by Crippen LogP contribution is 2.34. The minimum atomic E-state index is -0.285. The molecular weight excluding hydrogens is 360 g/mol. The lowest BCUT2D eigenvalue weighted by atomic mass is 10.2. The molecule has 2 aromatic carbocycles. The van der Waals surface area contributed by atoms with Crippen molar-refractivity contribution in [3.63, 3.8) is 0 Å². The number of carbonyl (C=O) groups excluding carboxylic acids is 1. The summed E-state index contributed by atoms with van der Waals surface area (Å²) in [5, 5.41) is 5.98. The molecule has 0 spiro atoms. The van der Waals surface area contributed by atoms with Crippen LogP contribution in [-0.4, -0.2) is 29.8 Å². The van der Waals surface area contributed by atoms with Crippen molar-refractivity contribution in [2.45, 2.75) is 6.54 Å². The molecule has 1 aliphatic heterocycles. The topological polar surface area (TPSA) is 94.6 Å². The van der Waals surface area contributed by atoms with E-state index in [0.717, 1.165) is 17.0 Å². The molecule has 0 unspecified atom stereocenters. The molecule has 0 bridgehead atoms. The molecule has 0 aliphatic carbocycles. The van der Waals surface area contributed by atoms with Crippen LogP contribution in [0.25, 0.3) is 0 Å². The number of benzene rings is 2. The van der Waals surface area contributed by atoms with Crippen LogP contribution in [0.4, 0.5) is 11.5 Å². The van der Waals surface area contributed by atoms with Crippen molar-refractivity contribution in [2.75, 3.05) is 19.2 Å². The number of fused-ring (bicyclic) bond motifs is 1. The third kappa shape index (κ3) is 3.96. The molecule has 2 N–H and O–H groups in total. The van der Waals surface area contributed by atoms with Crippen molar-refractivity contribution in [1.29, 1.82) is 0 Å². The summed E-state index contributed by atoms with van der Waals surface area (Å²) in [6.45, 7) is 0.600. The van der Waals surface area contributed by atoms with Gasteiger partial charge in [-0.15, -0.1) is 0 Å². The van der Waals surface area contributed by atoms with E-state index < -0.39 is 0 Å². The smallest absolute Gasteiger partial charge is 0.270 e. The Labute approximate surface area is 161 Å². The Hall–Kier alpha value is -3.81. The zero-order valence-corrected chi connectivity index (χ0v) is 15.1. The lowest BCUT2D eigenvalue weighted by molar-refractivity contribution is 0.0945. The molecule has 0 radical (unpaired) electrons. The highest BCUT2D eigenvalue weighted by Gasteiger charge is 2.14. The maximum absolute atomic E-state index is 12.4. The van der Waals surface area contributed by atoms with Crippen LogP contribution >= 0.6 is 0 Å². The average Bonchev–Trinajstić information content (AvgIpc) is 3.20. The van der Waals surface area contributed by atoms with E-state index in [9.17, 15) is 4.79 Å². The number of amides is 1. The van der Waals surface area contributed by atoms with Gasteiger partial charge in [0.2, 0.25) is 6.79 Å². The van der Waals surface area contributed by atoms with Gasteiger partial charge in [-0.1, -0.05) is 12.1 Å².